The van der Waals surface area contributed by atoms with Gasteiger partial charge in [0.05, 0.1) is 11.4 Å². The first-order valence-electron chi connectivity index (χ1n) is 8.71. The van der Waals surface area contributed by atoms with E-state index >= 15 is 8.78 Å². The van der Waals surface area contributed by atoms with Crippen molar-refractivity contribution in [2.24, 2.45) is 0 Å². The predicted octanol–water partition coefficient (Wildman–Crippen LogP) is 4.61. The molecule has 0 spiro atoms. The fourth-order valence-corrected chi connectivity index (χ4v) is 2.96. The first-order valence-corrected chi connectivity index (χ1v) is 8.71. The van der Waals surface area contributed by atoms with Crippen LogP contribution >= 0.6 is 0 Å². The van der Waals surface area contributed by atoms with Crippen molar-refractivity contribution in [3.05, 3.63) is 36.4 Å². The van der Waals surface area contributed by atoms with Gasteiger partial charge in [0.25, 0.3) is 0 Å². The lowest BCUT2D eigenvalue weighted by Crippen LogP contribution is -2.87. The number of hydrogen-bond acceptors (Lipinski definition) is 6. The Kier molecular flexibility index (Phi) is 5.20. The SMILES string of the molecule is Nc1ccc(OC2(F)C(F)(F)C(F)(F)C(F)(F)C(F)(F)C2(F)Oc2ccc(N)c(O)c2)cc1O. The molecule has 0 aliphatic heterocycles. The van der Waals surface area contributed by atoms with Gasteiger partial charge in [0.1, 0.15) is 23.0 Å². The number of benzene rings is 2. The third-order valence-corrected chi connectivity index (χ3v) is 4.93. The molecule has 6 nitrogen and oxygen atoms in total. The Morgan fingerprint density at radius 1 is 0.529 bits per heavy atom. The first-order chi connectivity index (χ1) is 15.3. The summed E-state index contributed by atoms with van der Waals surface area (Å²) in [6, 6.07) is 2.13. The Labute approximate surface area is 182 Å². The van der Waals surface area contributed by atoms with Crippen molar-refractivity contribution in [2.45, 2.75) is 35.4 Å². The summed E-state index contributed by atoms with van der Waals surface area (Å²) in [6.07, 6.45) is 0. The number of nitrogen functional groups attached to an aromatic ring is 2. The van der Waals surface area contributed by atoms with Crippen molar-refractivity contribution in [3.8, 4) is 23.0 Å². The third kappa shape index (κ3) is 2.89. The average Bonchev–Trinajstić information content (AvgIpc) is 2.71. The van der Waals surface area contributed by atoms with Crippen molar-refractivity contribution in [1.29, 1.82) is 0 Å². The van der Waals surface area contributed by atoms with Gasteiger partial charge in [0.15, 0.2) is 0 Å². The lowest BCUT2D eigenvalue weighted by atomic mass is 9.77. The van der Waals surface area contributed by atoms with Gasteiger partial charge in [-0.15, -0.1) is 0 Å². The summed E-state index contributed by atoms with van der Waals surface area (Å²) >= 11 is 0. The molecule has 34 heavy (non-hydrogen) atoms. The second-order valence-electron chi connectivity index (χ2n) is 7.13. The number of alkyl halides is 10. The molecule has 3 rings (SSSR count). The molecule has 0 amide bonds. The molecule has 1 saturated carbocycles. The van der Waals surface area contributed by atoms with Gasteiger partial charge in [0.2, 0.25) is 0 Å². The van der Waals surface area contributed by atoms with E-state index in [0.29, 0.717) is 24.3 Å². The highest BCUT2D eigenvalue weighted by Crippen LogP contribution is 2.69. The van der Waals surface area contributed by atoms with Crippen molar-refractivity contribution >= 4 is 11.4 Å². The Balaban J connectivity index is 2.31. The van der Waals surface area contributed by atoms with Crippen LogP contribution in [0.5, 0.6) is 23.0 Å². The van der Waals surface area contributed by atoms with Crippen molar-refractivity contribution in [1.82, 2.24) is 0 Å². The molecule has 0 bridgehead atoms. The molecule has 2 atom stereocenters. The quantitative estimate of drug-likeness (QED) is 0.272. The molecule has 2 aromatic carbocycles. The summed E-state index contributed by atoms with van der Waals surface area (Å²) in [4.78, 5) is 0. The zero-order valence-corrected chi connectivity index (χ0v) is 16.1. The largest absolute Gasteiger partial charge is 0.506 e. The Morgan fingerprint density at radius 3 is 1.09 bits per heavy atom. The number of aromatic hydroxyl groups is 2. The molecule has 188 valence electrons. The van der Waals surface area contributed by atoms with Crippen LogP contribution in [0.4, 0.5) is 55.3 Å². The molecule has 2 aromatic rings. The van der Waals surface area contributed by atoms with E-state index in [1.54, 1.807) is 0 Å². The van der Waals surface area contributed by atoms with Crippen molar-refractivity contribution < 1.29 is 63.6 Å². The minimum atomic E-state index is -7.24. The van der Waals surface area contributed by atoms with Crippen LogP contribution < -0.4 is 20.9 Å². The van der Waals surface area contributed by atoms with Gasteiger partial charge in [-0.2, -0.15) is 43.9 Å². The Hall–Kier alpha value is -3.46. The number of hydrogen-bond donors (Lipinski definition) is 4. The number of halogens is 10. The van der Waals surface area contributed by atoms with Gasteiger partial charge in [0, 0.05) is 12.1 Å². The molecule has 6 N–H and O–H groups in total. The number of phenolic OH excluding ortho intramolecular Hbond substituents is 2. The fourth-order valence-electron chi connectivity index (χ4n) is 2.96. The van der Waals surface area contributed by atoms with Gasteiger partial charge in [-0.1, -0.05) is 0 Å². The summed E-state index contributed by atoms with van der Waals surface area (Å²) in [5.41, 5.74) is 9.33. The summed E-state index contributed by atoms with van der Waals surface area (Å²) in [7, 11) is 0. The van der Waals surface area contributed by atoms with Crippen LogP contribution in [-0.2, 0) is 0 Å². The molecule has 1 aliphatic rings. The maximum atomic E-state index is 15.6. The molecule has 1 fully saturated rings. The minimum Gasteiger partial charge on any atom is -0.506 e. The molecular formula is C18H12F10N2O4. The molecular weight excluding hydrogens is 498 g/mol. The smallest absolute Gasteiger partial charge is 0.394 e. The van der Waals surface area contributed by atoms with Crippen LogP contribution in [0, 0.1) is 0 Å². The molecule has 0 aromatic heterocycles. The van der Waals surface area contributed by atoms with Gasteiger partial charge in [-0.3, -0.25) is 0 Å². The van der Waals surface area contributed by atoms with Gasteiger partial charge < -0.3 is 31.2 Å². The zero-order valence-electron chi connectivity index (χ0n) is 16.1. The van der Waals surface area contributed by atoms with Gasteiger partial charge in [-0.05, 0) is 24.3 Å². The molecule has 0 radical (unpaired) electrons. The van der Waals surface area contributed by atoms with E-state index in [1.165, 1.54) is 0 Å². The topological polar surface area (TPSA) is 111 Å². The number of anilines is 2. The molecule has 0 saturated heterocycles. The molecule has 1 aliphatic carbocycles. The molecule has 2 unspecified atom stereocenters. The maximum Gasteiger partial charge on any atom is 0.394 e. The second kappa shape index (κ2) is 7.02. The monoisotopic (exact) mass is 510 g/mol. The Bertz CT molecular complexity index is 1040. The highest BCUT2D eigenvalue weighted by molar-refractivity contribution is 5.55. The highest BCUT2D eigenvalue weighted by Gasteiger charge is 3.03. The van der Waals surface area contributed by atoms with Crippen LogP contribution in [-0.4, -0.2) is 45.6 Å². The van der Waals surface area contributed by atoms with Crippen molar-refractivity contribution in [2.75, 3.05) is 11.5 Å². The normalized spacial score (nSPS) is 28.8. The van der Waals surface area contributed by atoms with Gasteiger partial charge in [-0.25, -0.2) is 0 Å². The summed E-state index contributed by atoms with van der Waals surface area (Å²) < 4.78 is 153. The standard InChI is InChI=1S/C18H12F10N2O4/c19-13(20)14(21,22)16(25,26)18(28,34-8-2-4-10(30)12(32)6-8)17(27,15(13,23)24)33-7-1-3-9(29)11(31)5-7/h1-6,31-32H,29-30H2. The average molecular weight is 510 g/mol. The minimum absolute atomic E-state index is 0.130. The molecule has 0 heterocycles. The number of phenols is 2. The van der Waals surface area contributed by atoms with Gasteiger partial charge >= 0.3 is 35.4 Å². The lowest BCUT2D eigenvalue weighted by Gasteiger charge is -2.53. The van der Waals surface area contributed by atoms with Crippen LogP contribution in [0.1, 0.15) is 0 Å². The zero-order chi connectivity index (χ0) is 26.1. The van der Waals surface area contributed by atoms with E-state index in [0.717, 1.165) is 0 Å². The van der Waals surface area contributed by atoms with Crippen LogP contribution in [0.15, 0.2) is 36.4 Å². The Morgan fingerprint density at radius 2 is 0.824 bits per heavy atom. The van der Waals surface area contributed by atoms with E-state index in [1.807, 2.05) is 0 Å². The lowest BCUT2D eigenvalue weighted by molar-refractivity contribution is -0.520. The number of ether oxygens (including phenoxy) is 2. The first kappa shape index (κ1) is 25.2. The predicted molar refractivity (Wildman–Crippen MR) is 93.8 cm³/mol. The van der Waals surface area contributed by atoms with E-state index < -0.39 is 69.8 Å². The van der Waals surface area contributed by atoms with E-state index in [-0.39, 0.29) is 12.1 Å². The molecule has 16 heteroatoms. The van der Waals surface area contributed by atoms with Crippen LogP contribution in [0.3, 0.4) is 0 Å². The summed E-state index contributed by atoms with van der Waals surface area (Å²) in [5, 5.41) is 18.9. The van der Waals surface area contributed by atoms with Crippen molar-refractivity contribution in [3.63, 3.8) is 0 Å². The number of rotatable bonds is 4. The highest BCUT2D eigenvalue weighted by atomic mass is 19.4. The maximum absolute atomic E-state index is 15.6. The van der Waals surface area contributed by atoms with Crippen LogP contribution in [0.25, 0.3) is 0 Å². The summed E-state index contributed by atoms with van der Waals surface area (Å²) in [5.74, 6) is -46.5. The second-order valence-corrected chi connectivity index (χ2v) is 7.13. The van der Waals surface area contributed by atoms with E-state index in [4.69, 9.17) is 11.5 Å². The fraction of sp³-hybridized carbons (Fsp3) is 0.333. The summed E-state index contributed by atoms with van der Waals surface area (Å²) in [6.45, 7) is 0. The number of nitrogens with two attached hydrogens (primary N) is 2. The van der Waals surface area contributed by atoms with E-state index in [9.17, 15) is 45.3 Å². The van der Waals surface area contributed by atoms with Crippen LogP contribution in [0.2, 0.25) is 0 Å². The van der Waals surface area contributed by atoms with E-state index in [2.05, 4.69) is 9.47 Å². The third-order valence-electron chi connectivity index (χ3n) is 4.93.